The lowest BCUT2D eigenvalue weighted by Gasteiger charge is -2.14. The Morgan fingerprint density at radius 3 is 2.76 bits per heavy atom. The number of nitrogens with two attached hydrogens (primary N) is 1. The van der Waals surface area contributed by atoms with Gasteiger partial charge in [-0.25, -0.2) is 13.1 Å². The van der Waals surface area contributed by atoms with Crippen LogP contribution in [-0.2, 0) is 19.6 Å². The summed E-state index contributed by atoms with van der Waals surface area (Å²) in [5.74, 6) is -0.520. The average Bonchev–Trinajstić information content (AvgIpc) is 2.85. The van der Waals surface area contributed by atoms with Gasteiger partial charge in [-0.05, 0) is 43.5 Å². The summed E-state index contributed by atoms with van der Waals surface area (Å²) in [7, 11) is -3.64. The predicted octanol–water partition coefficient (Wildman–Crippen LogP) is 0.960. The first-order valence-electron chi connectivity index (χ1n) is 6.50. The Hall–Kier alpha value is -1.15. The van der Waals surface area contributed by atoms with Crippen molar-refractivity contribution < 1.29 is 17.9 Å². The van der Waals surface area contributed by atoms with Gasteiger partial charge in [-0.15, -0.1) is 0 Å². The largest absolute Gasteiger partial charge is 0.367 e. The summed E-state index contributed by atoms with van der Waals surface area (Å²) in [4.78, 5) is 11.2. The molecule has 0 saturated carbocycles. The van der Waals surface area contributed by atoms with E-state index >= 15 is 0 Å². The predicted molar refractivity (Wildman–Crippen MR) is 78.5 cm³/mol. The van der Waals surface area contributed by atoms with Crippen molar-refractivity contribution in [3.05, 3.63) is 28.8 Å². The lowest BCUT2D eigenvalue weighted by molar-refractivity contribution is -0.128. The van der Waals surface area contributed by atoms with Gasteiger partial charge in [-0.1, -0.05) is 11.6 Å². The summed E-state index contributed by atoms with van der Waals surface area (Å²) < 4.78 is 32.3. The number of hydrogen-bond acceptors (Lipinski definition) is 4. The molecule has 0 radical (unpaired) electrons. The topological polar surface area (TPSA) is 98.5 Å². The highest BCUT2D eigenvalue weighted by atomic mass is 35.5. The Bertz CT molecular complexity index is 648. The standard InChI is InChI=1S/C13H17ClN2O4S/c1-8-6-9(14)2-5-12(8)21(18,19)16-7-10-3-4-11(20-10)13(15)17/h2,5-6,10-11,16H,3-4,7H2,1H3,(H2,15,17). The Labute approximate surface area is 128 Å². The number of sulfonamides is 1. The zero-order valence-corrected chi connectivity index (χ0v) is 13.1. The number of hydrogen-bond donors (Lipinski definition) is 2. The summed E-state index contributed by atoms with van der Waals surface area (Å²) in [6, 6.07) is 4.57. The molecular weight excluding hydrogens is 316 g/mol. The number of halogens is 1. The highest BCUT2D eigenvalue weighted by Crippen LogP contribution is 2.21. The molecule has 8 heteroatoms. The van der Waals surface area contributed by atoms with Gasteiger partial charge in [0.15, 0.2) is 0 Å². The van der Waals surface area contributed by atoms with E-state index in [4.69, 9.17) is 22.1 Å². The van der Waals surface area contributed by atoms with Crippen LogP contribution in [0.4, 0.5) is 0 Å². The van der Waals surface area contributed by atoms with E-state index < -0.39 is 22.0 Å². The van der Waals surface area contributed by atoms with Gasteiger partial charge in [0.05, 0.1) is 11.0 Å². The van der Waals surface area contributed by atoms with E-state index in [1.54, 1.807) is 13.0 Å². The van der Waals surface area contributed by atoms with Crippen LogP contribution in [0, 0.1) is 6.92 Å². The number of primary amides is 1. The Morgan fingerprint density at radius 1 is 1.48 bits per heavy atom. The monoisotopic (exact) mass is 332 g/mol. The molecule has 1 amide bonds. The van der Waals surface area contributed by atoms with Crippen molar-refractivity contribution in [1.82, 2.24) is 4.72 Å². The van der Waals surface area contributed by atoms with E-state index in [1.807, 2.05) is 0 Å². The molecule has 2 unspecified atom stereocenters. The number of ether oxygens (including phenoxy) is 1. The number of aryl methyl sites for hydroxylation is 1. The van der Waals surface area contributed by atoms with Crippen LogP contribution in [0.15, 0.2) is 23.1 Å². The molecule has 1 aliphatic rings. The fourth-order valence-electron chi connectivity index (χ4n) is 2.26. The van der Waals surface area contributed by atoms with Gasteiger partial charge in [0.1, 0.15) is 6.10 Å². The maximum absolute atomic E-state index is 12.2. The van der Waals surface area contributed by atoms with E-state index in [1.165, 1.54) is 12.1 Å². The van der Waals surface area contributed by atoms with E-state index in [0.29, 0.717) is 23.4 Å². The second-order valence-corrected chi connectivity index (χ2v) is 7.16. The number of amides is 1. The minimum absolute atomic E-state index is 0.105. The lowest BCUT2D eigenvalue weighted by Crippen LogP contribution is -2.34. The van der Waals surface area contributed by atoms with Crippen molar-refractivity contribution in [1.29, 1.82) is 0 Å². The summed E-state index contributed by atoms with van der Waals surface area (Å²) in [6.07, 6.45) is 0.138. The molecule has 1 aromatic rings. The molecule has 1 aliphatic heterocycles. The lowest BCUT2D eigenvalue weighted by atomic mass is 10.2. The van der Waals surface area contributed by atoms with Crippen LogP contribution in [0.3, 0.4) is 0 Å². The SMILES string of the molecule is Cc1cc(Cl)ccc1S(=O)(=O)NCC1CCC(C(N)=O)O1. The normalized spacial score (nSPS) is 22.4. The summed E-state index contributed by atoms with van der Waals surface area (Å²) >= 11 is 5.81. The van der Waals surface area contributed by atoms with Crippen LogP contribution in [0.5, 0.6) is 0 Å². The Morgan fingerprint density at radius 2 is 2.19 bits per heavy atom. The fraction of sp³-hybridized carbons (Fsp3) is 0.462. The van der Waals surface area contributed by atoms with Crippen LogP contribution < -0.4 is 10.5 Å². The number of benzene rings is 1. The van der Waals surface area contributed by atoms with Crippen molar-refractivity contribution in [2.75, 3.05) is 6.54 Å². The Balaban J connectivity index is 2.01. The highest BCUT2D eigenvalue weighted by Gasteiger charge is 2.30. The van der Waals surface area contributed by atoms with Crippen LogP contribution in [-0.4, -0.2) is 33.1 Å². The number of carbonyl (C=O) groups excluding carboxylic acids is 1. The number of carbonyl (C=O) groups is 1. The molecule has 1 saturated heterocycles. The van der Waals surface area contributed by atoms with Crippen LogP contribution in [0.25, 0.3) is 0 Å². The van der Waals surface area contributed by atoms with Crippen molar-refractivity contribution in [2.24, 2.45) is 5.73 Å². The van der Waals surface area contributed by atoms with Gasteiger partial charge in [-0.3, -0.25) is 4.79 Å². The van der Waals surface area contributed by atoms with Crippen LogP contribution in [0.1, 0.15) is 18.4 Å². The molecule has 21 heavy (non-hydrogen) atoms. The minimum atomic E-state index is -3.64. The van der Waals surface area contributed by atoms with Gasteiger partial charge in [0, 0.05) is 11.6 Å². The molecule has 1 fully saturated rings. The smallest absolute Gasteiger partial charge is 0.246 e. The van der Waals surface area contributed by atoms with E-state index in [9.17, 15) is 13.2 Å². The van der Waals surface area contributed by atoms with Gasteiger partial charge < -0.3 is 10.5 Å². The molecule has 116 valence electrons. The van der Waals surface area contributed by atoms with Gasteiger partial charge >= 0.3 is 0 Å². The third-order valence-corrected chi connectivity index (χ3v) is 5.17. The summed E-state index contributed by atoms with van der Waals surface area (Å²) in [5.41, 5.74) is 5.72. The van der Waals surface area contributed by atoms with E-state index in [-0.39, 0.29) is 17.5 Å². The molecule has 3 N–H and O–H groups in total. The maximum atomic E-state index is 12.2. The second kappa shape index (κ2) is 6.31. The fourth-order valence-corrected chi connectivity index (χ4v) is 3.78. The number of nitrogens with one attached hydrogen (secondary N) is 1. The quantitative estimate of drug-likeness (QED) is 0.839. The molecular formula is C13H17ClN2O4S. The Kier molecular flexibility index (Phi) is 4.88. The molecule has 1 heterocycles. The first kappa shape index (κ1) is 16.2. The van der Waals surface area contributed by atoms with Crippen molar-refractivity contribution in [3.8, 4) is 0 Å². The molecule has 0 spiro atoms. The van der Waals surface area contributed by atoms with E-state index in [0.717, 1.165) is 0 Å². The van der Waals surface area contributed by atoms with Gasteiger partial charge in [0.25, 0.3) is 0 Å². The minimum Gasteiger partial charge on any atom is -0.367 e. The molecule has 6 nitrogen and oxygen atoms in total. The van der Waals surface area contributed by atoms with Gasteiger partial charge in [0.2, 0.25) is 15.9 Å². The molecule has 2 rings (SSSR count). The summed E-state index contributed by atoms with van der Waals surface area (Å²) in [6.45, 7) is 1.78. The van der Waals surface area contributed by atoms with Crippen molar-refractivity contribution in [3.63, 3.8) is 0 Å². The second-order valence-electron chi connectivity index (χ2n) is 4.99. The van der Waals surface area contributed by atoms with Crippen molar-refractivity contribution >= 4 is 27.5 Å². The average molecular weight is 333 g/mol. The van der Waals surface area contributed by atoms with E-state index in [2.05, 4.69) is 4.72 Å². The van der Waals surface area contributed by atoms with Crippen LogP contribution in [0.2, 0.25) is 5.02 Å². The first-order chi connectivity index (χ1) is 9.79. The zero-order valence-electron chi connectivity index (χ0n) is 11.5. The molecule has 0 aliphatic carbocycles. The molecule has 1 aromatic carbocycles. The molecule has 0 bridgehead atoms. The number of rotatable bonds is 5. The molecule has 0 aromatic heterocycles. The van der Waals surface area contributed by atoms with Crippen LogP contribution >= 0.6 is 11.6 Å². The van der Waals surface area contributed by atoms with Crippen molar-refractivity contribution in [2.45, 2.75) is 36.9 Å². The zero-order chi connectivity index (χ0) is 15.6. The third-order valence-electron chi connectivity index (χ3n) is 3.35. The van der Waals surface area contributed by atoms with Gasteiger partial charge in [-0.2, -0.15) is 0 Å². The highest BCUT2D eigenvalue weighted by molar-refractivity contribution is 7.89. The maximum Gasteiger partial charge on any atom is 0.246 e. The molecule has 2 atom stereocenters. The summed E-state index contributed by atoms with van der Waals surface area (Å²) in [5, 5.41) is 0.481. The third kappa shape index (κ3) is 3.94. The first-order valence-corrected chi connectivity index (χ1v) is 8.36.